The van der Waals surface area contributed by atoms with Gasteiger partial charge in [0.1, 0.15) is 5.75 Å². The van der Waals surface area contributed by atoms with E-state index in [1.54, 1.807) is 0 Å². The fraction of sp³-hybridized carbons (Fsp3) is 0.250. The summed E-state index contributed by atoms with van der Waals surface area (Å²) in [7, 11) is 0. The summed E-state index contributed by atoms with van der Waals surface area (Å²) >= 11 is 1.01. The molecule has 154 valence electrons. The fourth-order valence-corrected chi connectivity index (χ4v) is 4.53. The molecule has 6 heteroatoms. The van der Waals surface area contributed by atoms with E-state index in [0.717, 1.165) is 46.9 Å². The quantitative estimate of drug-likeness (QED) is 0.371. The number of rotatable bonds is 7. The zero-order valence-corrected chi connectivity index (χ0v) is 17.9. The molecule has 30 heavy (non-hydrogen) atoms. The van der Waals surface area contributed by atoms with Crippen LogP contribution < -0.4 is 4.74 Å². The smallest absolute Gasteiger partial charge is 0.293 e. The van der Waals surface area contributed by atoms with Crippen molar-refractivity contribution in [2.45, 2.75) is 32.9 Å². The second-order valence-corrected chi connectivity index (χ2v) is 8.45. The summed E-state index contributed by atoms with van der Waals surface area (Å²) in [5, 5.41) is 0.862. The Morgan fingerprint density at radius 2 is 1.77 bits per heavy atom. The van der Waals surface area contributed by atoms with Gasteiger partial charge >= 0.3 is 0 Å². The van der Waals surface area contributed by atoms with E-state index in [4.69, 9.17) is 4.74 Å². The van der Waals surface area contributed by atoms with Gasteiger partial charge in [-0.3, -0.25) is 14.5 Å². The van der Waals surface area contributed by atoms with Crippen LogP contribution in [-0.2, 0) is 11.3 Å². The predicted molar refractivity (Wildman–Crippen MR) is 121 cm³/mol. The summed E-state index contributed by atoms with van der Waals surface area (Å²) < 4.78 is 7.98. The van der Waals surface area contributed by atoms with Crippen molar-refractivity contribution in [2.75, 3.05) is 6.61 Å². The van der Waals surface area contributed by atoms with Crippen molar-refractivity contribution in [2.24, 2.45) is 0 Å². The van der Waals surface area contributed by atoms with E-state index in [9.17, 15) is 9.59 Å². The molecule has 1 aromatic heterocycles. The Hall–Kier alpha value is -2.99. The van der Waals surface area contributed by atoms with Gasteiger partial charge in [0, 0.05) is 35.2 Å². The van der Waals surface area contributed by atoms with Crippen LogP contribution in [0.25, 0.3) is 17.0 Å². The van der Waals surface area contributed by atoms with Crippen molar-refractivity contribution in [1.29, 1.82) is 0 Å². The number of aryl methyl sites for hydroxylation is 1. The maximum absolute atomic E-state index is 12.6. The Balaban J connectivity index is 1.53. The van der Waals surface area contributed by atoms with Gasteiger partial charge in [0.05, 0.1) is 11.5 Å². The number of hydrogen-bond acceptors (Lipinski definition) is 4. The average molecular weight is 421 g/mol. The molecule has 0 aliphatic carbocycles. The van der Waals surface area contributed by atoms with Crippen molar-refractivity contribution >= 4 is 39.9 Å². The summed E-state index contributed by atoms with van der Waals surface area (Å²) in [6, 6.07) is 17.8. The first-order chi connectivity index (χ1) is 14.5. The Labute approximate surface area is 180 Å². The number of nitrogens with zero attached hydrogens (tertiary/aromatic N) is 2. The minimum atomic E-state index is -0.215. The Morgan fingerprint density at radius 3 is 2.50 bits per heavy atom. The summed E-state index contributed by atoms with van der Waals surface area (Å²) in [6.07, 6.45) is 4.75. The summed E-state index contributed by atoms with van der Waals surface area (Å²) in [4.78, 5) is 26.6. The van der Waals surface area contributed by atoms with Gasteiger partial charge < -0.3 is 9.30 Å². The zero-order chi connectivity index (χ0) is 21.1. The molecule has 1 aliphatic rings. The van der Waals surface area contributed by atoms with Gasteiger partial charge in [-0.25, -0.2) is 0 Å². The van der Waals surface area contributed by atoms with Crippen LogP contribution in [0.3, 0.4) is 0 Å². The minimum absolute atomic E-state index is 0.144. The van der Waals surface area contributed by atoms with E-state index in [1.807, 2.05) is 68.5 Å². The first-order valence-corrected chi connectivity index (χ1v) is 10.9. The van der Waals surface area contributed by atoms with Crippen molar-refractivity contribution in [3.8, 4) is 5.75 Å². The lowest BCUT2D eigenvalue weighted by Crippen LogP contribution is -2.34. The fourth-order valence-electron chi connectivity index (χ4n) is 3.58. The SMILES string of the molecule is CC(C)N1C(=O)S/C(=C\c2cn(CCCOc3ccccc3)c3ccccc23)C1=O. The number of hydrogen-bond donors (Lipinski definition) is 0. The van der Waals surface area contributed by atoms with Gasteiger partial charge in [0.2, 0.25) is 0 Å². The molecule has 0 N–H and O–H groups in total. The first-order valence-electron chi connectivity index (χ1n) is 10.1. The number of aromatic nitrogens is 1. The third kappa shape index (κ3) is 4.14. The molecule has 2 amide bonds. The van der Waals surface area contributed by atoms with Crippen LogP contribution in [0.1, 0.15) is 25.8 Å². The number of carbonyl (C=O) groups is 2. The summed E-state index contributed by atoms with van der Waals surface area (Å²) in [5.74, 6) is 0.657. The summed E-state index contributed by atoms with van der Waals surface area (Å²) in [5.41, 5.74) is 2.05. The standard InChI is InChI=1S/C24H24N2O3S/c1-17(2)26-23(27)22(30-24(26)28)15-18-16-25(21-12-7-6-11-20(18)21)13-8-14-29-19-9-4-3-5-10-19/h3-7,9-12,15-17H,8,13-14H2,1-2H3/b22-15-. The van der Waals surface area contributed by atoms with Crippen molar-refractivity contribution in [1.82, 2.24) is 9.47 Å². The third-order valence-corrected chi connectivity index (χ3v) is 5.88. The van der Waals surface area contributed by atoms with Gasteiger partial charge in [-0.05, 0) is 56.3 Å². The molecular formula is C24H24N2O3S. The number of fused-ring (bicyclic) bond motifs is 1. The minimum Gasteiger partial charge on any atom is -0.494 e. The molecule has 0 spiro atoms. The lowest BCUT2D eigenvalue weighted by molar-refractivity contribution is -0.123. The Bertz CT molecular complexity index is 1100. The van der Waals surface area contributed by atoms with E-state index in [-0.39, 0.29) is 17.2 Å². The monoisotopic (exact) mass is 420 g/mol. The van der Waals surface area contributed by atoms with Crippen molar-refractivity contribution in [3.63, 3.8) is 0 Å². The summed E-state index contributed by atoms with van der Waals surface area (Å²) in [6.45, 7) is 5.12. The lowest BCUT2D eigenvalue weighted by Gasteiger charge is -2.16. The number of benzene rings is 2. The molecule has 2 heterocycles. The van der Waals surface area contributed by atoms with E-state index >= 15 is 0 Å². The van der Waals surface area contributed by atoms with Crippen LogP contribution in [0.15, 0.2) is 65.7 Å². The second kappa shape index (κ2) is 8.79. The normalized spacial score (nSPS) is 15.7. The highest BCUT2D eigenvalue weighted by molar-refractivity contribution is 8.18. The first kappa shape index (κ1) is 20.3. The Kier molecular flexibility index (Phi) is 5.95. The average Bonchev–Trinajstić information content (AvgIpc) is 3.23. The number of para-hydroxylation sites is 2. The van der Waals surface area contributed by atoms with Crippen LogP contribution in [0.2, 0.25) is 0 Å². The van der Waals surface area contributed by atoms with Crippen LogP contribution in [0.4, 0.5) is 4.79 Å². The van der Waals surface area contributed by atoms with Crippen LogP contribution in [0, 0.1) is 0 Å². The third-order valence-electron chi connectivity index (χ3n) is 5.00. The van der Waals surface area contributed by atoms with Crippen LogP contribution >= 0.6 is 11.8 Å². The van der Waals surface area contributed by atoms with Crippen molar-refractivity contribution < 1.29 is 14.3 Å². The van der Waals surface area contributed by atoms with Gasteiger partial charge in [-0.2, -0.15) is 0 Å². The molecule has 0 bridgehead atoms. The van der Waals surface area contributed by atoms with Gasteiger partial charge in [0.15, 0.2) is 0 Å². The van der Waals surface area contributed by atoms with Gasteiger partial charge in [0.25, 0.3) is 11.1 Å². The molecule has 1 aliphatic heterocycles. The topological polar surface area (TPSA) is 51.5 Å². The predicted octanol–water partition coefficient (Wildman–Crippen LogP) is 5.56. The van der Waals surface area contributed by atoms with Gasteiger partial charge in [-0.15, -0.1) is 0 Å². The number of thioether (sulfide) groups is 1. The molecule has 0 saturated carbocycles. The molecule has 4 rings (SSSR count). The van der Waals surface area contributed by atoms with E-state index in [0.29, 0.717) is 11.5 Å². The van der Waals surface area contributed by atoms with E-state index < -0.39 is 0 Å². The highest BCUT2D eigenvalue weighted by Gasteiger charge is 2.36. The van der Waals surface area contributed by atoms with Crippen LogP contribution in [-0.4, -0.2) is 33.3 Å². The highest BCUT2D eigenvalue weighted by Crippen LogP contribution is 2.35. The molecular weight excluding hydrogens is 396 g/mol. The molecule has 3 aromatic rings. The van der Waals surface area contributed by atoms with Crippen molar-refractivity contribution in [3.05, 3.63) is 71.3 Å². The van der Waals surface area contributed by atoms with Gasteiger partial charge in [-0.1, -0.05) is 36.4 Å². The maximum atomic E-state index is 12.6. The number of ether oxygens (including phenoxy) is 1. The van der Waals surface area contributed by atoms with Crippen LogP contribution in [0.5, 0.6) is 5.75 Å². The Morgan fingerprint density at radius 1 is 1.03 bits per heavy atom. The highest BCUT2D eigenvalue weighted by atomic mass is 32.2. The molecule has 5 nitrogen and oxygen atoms in total. The molecule has 0 unspecified atom stereocenters. The molecule has 1 fully saturated rings. The largest absolute Gasteiger partial charge is 0.494 e. The molecule has 0 atom stereocenters. The zero-order valence-electron chi connectivity index (χ0n) is 17.1. The molecule has 0 radical (unpaired) electrons. The number of carbonyl (C=O) groups excluding carboxylic acids is 2. The van der Waals surface area contributed by atoms with E-state index in [1.165, 1.54) is 4.90 Å². The molecule has 2 aromatic carbocycles. The number of amides is 2. The lowest BCUT2D eigenvalue weighted by atomic mass is 10.1. The second-order valence-electron chi connectivity index (χ2n) is 7.46. The van der Waals surface area contributed by atoms with E-state index in [2.05, 4.69) is 16.8 Å². The molecule has 1 saturated heterocycles. The maximum Gasteiger partial charge on any atom is 0.293 e. The number of imide groups is 1.